The summed E-state index contributed by atoms with van der Waals surface area (Å²) in [4.78, 5) is 20.8. The van der Waals surface area contributed by atoms with Gasteiger partial charge in [0.2, 0.25) is 11.8 Å². The molecule has 1 saturated heterocycles. The minimum atomic E-state index is -0.464. The van der Waals surface area contributed by atoms with Crippen molar-refractivity contribution in [2.75, 3.05) is 37.7 Å². The number of hydrogen-bond acceptors (Lipinski definition) is 7. The van der Waals surface area contributed by atoms with E-state index in [1.54, 1.807) is 6.92 Å². The Balaban J connectivity index is 2.14. The van der Waals surface area contributed by atoms with E-state index in [0.717, 1.165) is 25.9 Å². The van der Waals surface area contributed by atoms with Crippen molar-refractivity contribution in [1.29, 1.82) is 0 Å². The van der Waals surface area contributed by atoms with E-state index in [9.17, 15) is 10.1 Å². The molecule has 21 heavy (non-hydrogen) atoms. The highest BCUT2D eigenvalue weighted by atomic mass is 16.6. The Labute approximate surface area is 123 Å². The predicted molar refractivity (Wildman–Crippen MR) is 81.2 cm³/mol. The average Bonchev–Trinajstić information content (AvgIpc) is 2.39. The number of likely N-dealkylation sites (tertiary alicyclic amines) is 1. The van der Waals surface area contributed by atoms with Crippen LogP contribution in [0, 0.1) is 22.5 Å². The molecule has 0 saturated carbocycles. The van der Waals surface area contributed by atoms with Crippen LogP contribution in [0.2, 0.25) is 0 Å². The first kappa shape index (κ1) is 15.4. The number of aromatic nitrogens is 2. The maximum absolute atomic E-state index is 11.2. The van der Waals surface area contributed by atoms with Crippen LogP contribution in [0.15, 0.2) is 0 Å². The van der Waals surface area contributed by atoms with Crippen molar-refractivity contribution in [3.05, 3.63) is 15.8 Å². The van der Waals surface area contributed by atoms with Crippen LogP contribution in [0.5, 0.6) is 0 Å². The molecule has 0 aliphatic carbocycles. The van der Waals surface area contributed by atoms with Crippen LogP contribution in [-0.2, 0) is 0 Å². The average molecular weight is 294 g/mol. The number of nitro groups is 1. The SMILES string of the molecule is Cc1nc(N)nc(NCC2(C)CCN(C)CC2)c1[N+](=O)[O-]. The number of nitrogens with one attached hydrogen (secondary N) is 1. The molecule has 1 aromatic heterocycles. The molecule has 0 bridgehead atoms. The lowest BCUT2D eigenvalue weighted by molar-refractivity contribution is -0.385. The van der Waals surface area contributed by atoms with E-state index in [4.69, 9.17) is 5.73 Å². The Morgan fingerprint density at radius 1 is 1.43 bits per heavy atom. The monoisotopic (exact) mass is 294 g/mol. The second-order valence-corrected chi connectivity index (χ2v) is 6.09. The number of nitrogens with zero attached hydrogens (tertiary/aromatic N) is 4. The number of nitrogen functional groups attached to an aromatic ring is 1. The molecular formula is C13H22N6O2. The number of hydrogen-bond donors (Lipinski definition) is 2. The molecule has 0 radical (unpaired) electrons. The Kier molecular flexibility index (Phi) is 4.26. The summed E-state index contributed by atoms with van der Waals surface area (Å²) < 4.78 is 0. The van der Waals surface area contributed by atoms with Gasteiger partial charge in [0.1, 0.15) is 5.69 Å². The van der Waals surface area contributed by atoms with Gasteiger partial charge in [0, 0.05) is 6.54 Å². The van der Waals surface area contributed by atoms with Crippen molar-refractivity contribution in [2.45, 2.75) is 26.7 Å². The molecule has 1 aliphatic heterocycles. The zero-order valence-electron chi connectivity index (χ0n) is 12.7. The van der Waals surface area contributed by atoms with E-state index in [1.165, 1.54) is 0 Å². The van der Waals surface area contributed by atoms with Crippen molar-refractivity contribution >= 4 is 17.5 Å². The van der Waals surface area contributed by atoms with E-state index < -0.39 is 4.92 Å². The fraction of sp³-hybridized carbons (Fsp3) is 0.692. The smallest absolute Gasteiger partial charge is 0.332 e. The predicted octanol–water partition coefficient (Wildman–Crippen LogP) is 1.42. The first-order valence-corrected chi connectivity index (χ1v) is 7.02. The van der Waals surface area contributed by atoms with Gasteiger partial charge < -0.3 is 16.0 Å². The molecule has 0 unspecified atom stereocenters. The number of anilines is 2. The molecule has 0 amide bonds. The molecule has 8 heteroatoms. The summed E-state index contributed by atoms with van der Waals surface area (Å²) in [6.45, 7) is 6.46. The molecule has 0 atom stereocenters. The quantitative estimate of drug-likeness (QED) is 0.638. The summed E-state index contributed by atoms with van der Waals surface area (Å²) in [7, 11) is 2.10. The van der Waals surface area contributed by atoms with Gasteiger partial charge in [-0.15, -0.1) is 0 Å². The molecule has 0 spiro atoms. The molecule has 0 aromatic carbocycles. The minimum Gasteiger partial charge on any atom is -0.368 e. The molecule has 1 aliphatic rings. The van der Waals surface area contributed by atoms with Crippen molar-refractivity contribution in [3.8, 4) is 0 Å². The Hall–Kier alpha value is -1.96. The molecule has 1 aromatic rings. The highest BCUT2D eigenvalue weighted by Gasteiger charge is 2.30. The summed E-state index contributed by atoms with van der Waals surface area (Å²) in [5.41, 5.74) is 5.89. The molecule has 1 fully saturated rings. The third-order valence-electron chi connectivity index (χ3n) is 4.13. The van der Waals surface area contributed by atoms with Gasteiger partial charge in [-0.05, 0) is 45.3 Å². The van der Waals surface area contributed by atoms with Gasteiger partial charge in [-0.2, -0.15) is 4.98 Å². The van der Waals surface area contributed by atoms with Crippen molar-refractivity contribution in [1.82, 2.24) is 14.9 Å². The number of rotatable bonds is 4. The van der Waals surface area contributed by atoms with Gasteiger partial charge in [0.05, 0.1) is 4.92 Å². The standard InChI is InChI=1S/C13H22N6O2/c1-9-10(19(20)21)11(17-12(14)16-9)15-8-13(2)4-6-18(3)7-5-13/h4-8H2,1-3H3,(H3,14,15,16,17). The summed E-state index contributed by atoms with van der Waals surface area (Å²) in [5, 5.41) is 14.3. The normalized spacial score (nSPS) is 18.4. The van der Waals surface area contributed by atoms with Crippen molar-refractivity contribution in [3.63, 3.8) is 0 Å². The lowest BCUT2D eigenvalue weighted by Crippen LogP contribution is -2.40. The van der Waals surface area contributed by atoms with E-state index in [2.05, 4.69) is 34.2 Å². The number of aryl methyl sites for hydroxylation is 1. The molecule has 3 N–H and O–H groups in total. The second-order valence-electron chi connectivity index (χ2n) is 6.09. The van der Waals surface area contributed by atoms with E-state index in [1.807, 2.05) is 0 Å². The highest BCUT2D eigenvalue weighted by molar-refractivity contribution is 5.60. The molecular weight excluding hydrogens is 272 g/mol. The topological polar surface area (TPSA) is 110 Å². The van der Waals surface area contributed by atoms with Crippen LogP contribution in [-0.4, -0.2) is 46.5 Å². The number of piperidine rings is 1. The van der Waals surface area contributed by atoms with Gasteiger partial charge in [-0.3, -0.25) is 10.1 Å². The van der Waals surface area contributed by atoms with Gasteiger partial charge in [0.15, 0.2) is 0 Å². The van der Waals surface area contributed by atoms with Gasteiger partial charge in [0.25, 0.3) is 0 Å². The lowest BCUT2D eigenvalue weighted by atomic mass is 9.80. The summed E-state index contributed by atoms with van der Waals surface area (Å²) in [6, 6.07) is 0. The van der Waals surface area contributed by atoms with Crippen LogP contribution in [0.4, 0.5) is 17.5 Å². The van der Waals surface area contributed by atoms with Crippen LogP contribution >= 0.6 is 0 Å². The van der Waals surface area contributed by atoms with Crippen molar-refractivity contribution < 1.29 is 4.92 Å². The van der Waals surface area contributed by atoms with Gasteiger partial charge >= 0.3 is 5.69 Å². The van der Waals surface area contributed by atoms with E-state index in [-0.39, 0.29) is 28.6 Å². The Bertz CT molecular complexity index is 540. The molecule has 116 valence electrons. The van der Waals surface area contributed by atoms with E-state index in [0.29, 0.717) is 6.54 Å². The first-order valence-electron chi connectivity index (χ1n) is 7.02. The summed E-state index contributed by atoms with van der Waals surface area (Å²) in [6.07, 6.45) is 2.09. The highest BCUT2D eigenvalue weighted by Crippen LogP contribution is 2.32. The first-order chi connectivity index (χ1) is 9.81. The Morgan fingerprint density at radius 2 is 2.05 bits per heavy atom. The van der Waals surface area contributed by atoms with Crippen LogP contribution < -0.4 is 11.1 Å². The zero-order chi connectivity index (χ0) is 15.6. The molecule has 2 heterocycles. The lowest BCUT2D eigenvalue weighted by Gasteiger charge is -2.38. The zero-order valence-corrected chi connectivity index (χ0v) is 12.7. The molecule has 8 nitrogen and oxygen atoms in total. The Morgan fingerprint density at radius 3 is 2.62 bits per heavy atom. The van der Waals surface area contributed by atoms with Gasteiger partial charge in [-0.25, -0.2) is 4.98 Å². The summed E-state index contributed by atoms with van der Waals surface area (Å²) >= 11 is 0. The van der Waals surface area contributed by atoms with Crippen molar-refractivity contribution in [2.24, 2.45) is 5.41 Å². The van der Waals surface area contributed by atoms with Crippen LogP contribution in [0.3, 0.4) is 0 Å². The van der Waals surface area contributed by atoms with Gasteiger partial charge in [-0.1, -0.05) is 6.92 Å². The molecule has 2 rings (SSSR count). The second kappa shape index (κ2) is 5.80. The summed E-state index contributed by atoms with van der Waals surface area (Å²) in [5.74, 6) is 0.263. The largest absolute Gasteiger partial charge is 0.368 e. The maximum Gasteiger partial charge on any atom is 0.332 e. The third-order valence-corrected chi connectivity index (χ3v) is 4.13. The maximum atomic E-state index is 11.2. The number of nitrogens with two attached hydrogens (primary N) is 1. The van der Waals surface area contributed by atoms with Crippen LogP contribution in [0.25, 0.3) is 0 Å². The minimum absolute atomic E-state index is 0.0501. The van der Waals surface area contributed by atoms with E-state index >= 15 is 0 Å². The fourth-order valence-corrected chi connectivity index (χ4v) is 2.56. The third kappa shape index (κ3) is 3.57. The van der Waals surface area contributed by atoms with Crippen LogP contribution in [0.1, 0.15) is 25.5 Å². The fourth-order valence-electron chi connectivity index (χ4n) is 2.56.